The molecule has 3 rings (SSSR count). The molecule has 1 saturated heterocycles. The van der Waals surface area contributed by atoms with Crippen LogP contribution in [0, 0.1) is 5.82 Å². The first-order chi connectivity index (χ1) is 10.6. The van der Waals surface area contributed by atoms with Gasteiger partial charge in [-0.25, -0.2) is 9.18 Å². The Labute approximate surface area is 131 Å². The fourth-order valence-electron chi connectivity index (χ4n) is 2.56. The van der Waals surface area contributed by atoms with Crippen molar-refractivity contribution >= 4 is 23.3 Å². The van der Waals surface area contributed by atoms with Crippen LogP contribution in [0.2, 0.25) is 5.02 Å². The molecular weight excluding hydrogens is 309 g/mol. The second-order valence-electron chi connectivity index (χ2n) is 5.16. The van der Waals surface area contributed by atoms with Gasteiger partial charge in [0, 0.05) is 19.1 Å². The van der Waals surface area contributed by atoms with E-state index in [-0.39, 0.29) is 16.7 Å². The molecule has 0 saturated carbocycles. The van der Waals surface area contributed by atoms with Crippen molar-refractivity contribution in [2.75, 3.05) is 18.4 Å². The number of aromatic nitrogens is 3. The standard InChI is InChI=1S/C14H15ClFN5O/c15-11-2-1-3-12(13(11)16)19-14(22)20-6-4-10(5-7-20)21-8-17-18-9-21/h1-3,8-10H,4-7H2,(H,19,22). The molecule has 0 unspecified atom stereocenters. The minimum absolute atomic E-state index is 0.0101. The van der Waals surface area contributed by atoms with Crippen LogP contribution < -0.4 is 5.32 Å². The summed E-state index contributed by atoms with van der Waals surface area (Å²) in [4.78, 5) is 13.9. The minimum Gasteiger partial charge on any atom is -0.324 e. The number of anilines is 1. The van der Waals surface area contributed by atoms with Crippen LogP contribution in [0.1, 0.15) is 18.9 Å². The van der Waals surface area contributed by atoms with E-state index in [1.165, 1.54) is 12.1 Å². The van der Waals surface area contributed by atoms with Gasteiger partial charge in [0.2, 0.25) is 0 Å². The number of likely N-dealkylation sites (tertiary alicyclic amines) is 1. The number of carbonyl (C=O) groups excluding carboxylic acids is 1. The third-order valence-electron chi connectivity index (χ3n) is 3.80. The van der Waals surface area contributed by atoms with Crippen molar-refractivity contribution in [3.8, 4) is 0 Å². The van der Waals surface area contributed by atoms with Gasteiger partial charge >= 0.3 is 6.03 Å². The summed E-state index contributed by atoms with van der Waals surface area (Å²) >= 11 is 5.70. The number of urea groups is 1. The van der Waals surface area contributed by atoms with Gasteiger partial charge in [0.05, 0.1) is 10.7 Å². The highest BCUT2D eigenvalue weighted by Crippen LogP contribution is 2.24. The van der Waals surface area contributed by atoms with Crippen molar-refractivity contribution < 1.29 is 9.18 Å². The van der Waals surface area contributed by atoms with E-state index in [0.29, 0.717) is 19.1 Å². The largest absolute Gasteiger partial charge is 0.324 e. The zero-order valence-corrected chi connectivity index (χ0v) is 12.5. The Morgan fingerprint density at radius 1 is 1.27 bits per heavy atom. The molecule has 0 bridgehead atoms. The number of hydrogen-bond donors (Lipinski definition) is 1. The number of rotatable bonds is 2. The van der Waals surface area contributed by atoms with Crippen LogP contribution in [0.15, 0.2) is 30.9 Å². The maximum atomic E-state index is 13.8. The van der Waals surface area contributed by atoms with Gasteiger partial charge in [0.1, 0.15) is 12.7 Å². The number of piperidine rings is 1. The fourth-order valence-corrected chi connectivity index (χ4v) is 2.73. The number of benzene rings is 1. The summed E-state index contributed by atoms with van der Waals surface area (Å²) in [5.74, 6) is -0.614. The Morgan fingerprint density at radius 3 is 2.64 bits per heavy atom. The van der Waals surface area contributed by atoms with E-state index < -0.39 is 5.82 Å². The number of hydrogen-bond acceptors (Lipinski definition) is 3. The molecule has 22 heavy (non-hydrogen) atoms. The summed E-state index contributed by atoms with van der Waals surface area (Å²) in [6.45, 7) is 1.19. The van der Waals surface area contributed by atoms with E-state index >= 15 is 0 Å². The van der Waals surface area contributed by atoms with E-state index in [1.807, 2.05) is 4.57 Å². The molecule has 116 valence electrons. The van der Waals surface area contributed by atoms with Gasteiger partial charge in [-0.15, -0.1) is 10.2 Å². The van der Waals surface area contributed by atoms with E-state index in [4.69, 9.17) is 11.6 Å². The molecule has 2 aromatic rings. The molecule has 0 aliphatic carbocycles. The SMILES string of the molecule is O=C(Nc1cccc(Cl)c1F)N1CCC(n2cnnc2)CC1. The molecule has 6 nitrogen and oxygen atoms in total. The molecular formula is C14H15ClFN5O. The Kier molecular flexibility index (Phi) is 4.24. The summed E-state index contributed by atoms with van der Waals surface area (Å²) in [7, 11) is 0. The zero-order chi connectivity index (χ0) is 15.5. The third-order valence-corrected chi connectivity index (χ3v) is 4.10. The summed E-state index contributed by atoms with van der Waals surface area (Å²) in [6, 6.07) is 4.50. The van der Waals surface area contributed by atoms with Gasteiger partial charge in [0.25, 0.3) is 0 Å². The number of halogens is 2. The highest BCUT2D eigenvalue weighted by molar-refractivity contribution is 6.31. The number of carbonyl (C=O) groups is 1. The second kappa shape index (κ2) is 6.31. The fraction of sp³-hybridized carbons (Fsp3) is 0.357. The predicted octanol–water partition coefficient (Wildman–Crippen LogP) is 2.94. The minimum atomic E-state index is -0.614. The quantitative estimate of drug-likeness (QED) is 0.924. The lowest BCUT2D eigenvalue weighted by Gasteiger charge is -2.32. The van der Waals surface area contributed by atoms with Crippen molar-refractivity contribution in [2.24, 2.45) is 0 Å². The summed E-state index contributed by atoms with van der Waals surface area (Å²) < 4.78 is 15.7. The lowest BCUT2D eigenvalue weighted by Crippen LogP contribution is -2.41. The van der Waals surface area contributed by atoms with Gasteiger partial charge in [-0.3, -0.25) is 0 Å². The van der Waals surface area contributed by atoms with Gasteiger partial charge in [0.15, 0.2) is 5.82 Å². The van der Waals surface area contributed by atoms with Gasteiger partial charge in [-0.1, -0.05) is 17.7 Å². The smallest absolute Gasteiger partial charge is 0.321 e. The van der Waals surface area contributed by atoms with Crippen LogP contribution in [0.3, 0.4) is 0 Å². The van der Waals surface area contributed by atoms with Crippen molar-refractivity contribution in [1.82, 2.24) is 19.7 Å². The van der Waals surface area contributed by atoms with Gasteiger partial charge < -0.3 is 14.8 Å². The monoisotopic (exact) mass is 323 g/mol. The average Bonchev–Trinajstić information content (AvgIpc) is 3.06. The molecule has 8 heteroatoms. The molecule has 0 spiro atoms. The molecule has 1 aromatic carbocycles. The predicted molar refractivity (Wildman–Crippen MR) is 80.3 cm³/mol. The molecule has 0 radical (unpaired) electrons. The van der Waals surface area contributed by atoms with E-state index in [9.17, 15) is 9.18 Å². The van der Waals surface area contributed by atoms with Gasteiger partial charge in [-0.2, -0.15) is 0 Å². The van der Waals surface area contributed by atoms with E-state index in [0.717, 1.165) is 12.8 Å². The van der Waals surface area contributed by atoms with Gasteiger partial charge in [-0.05, 0) is 25.0 Å². The number of nitrogens with zero attached hydrogens (tertiary/aromatic N) is 4. The first-order valence-corrected chi connectivity index (χ1v) is 7.37. The Balaban J connectivity index is 1.59. The topological polar surface area (TPSA) is 63.1 Å². The van der Waals surface area contributed by atoms with E-state index in [2.05, 4.69) is 15.5 Å². The molecule has 1 fully saturated rings. The Bertz CT molecular complexity index is 655. The number of amides is 2. The molecule has 2 amide bonds. The molecule has 1 aliphatic rings. The van der Waals surface area contributed by atoms with Crippen LogP contribution >= 0.6 is 11.6 Å². The summed E-state index contributed by atoms with van der Waals surface area (Å²) in [6.07, 6.45) is 4.98. The first kappa shape index (κ1) is 14.8. The third kappa shape index (κ3) is 3.04. The Morgan fingerprint density at radius 2 is 1.95 bits per heavy atom. The summed E-state index contributed by atoms with van der Waals surface area (Å²) in [5.41, 5.74) is 0.0958. The van der Waals surface area contributed by atoms with Crippen molar-refractivity contribution in [3.63, 3.8) is 0 Å². The second-order valence-corrected chi connectivity index (χ2v) is 5.57. The zero-order valence-electron chi connectivity index (χ0n) is 11.7. The van der Waals surface area contributed by atoms with E-state index in [1.54, 1.807) is 23.6 Å². The summed E-state index contributed by atoms with van der Waals surface area (Å²) in [5, 5.41) is 10.1. The number of nitrogens with one attached hydrogen (secondary N) is 1. The lowest BCUT2D eigenvalue weighted by atomic mass is 10.1. The molecule has 2 heterocycles. The first-order valence-electron chi connectivity index (χ1n) is 6.99. The van der Waals surface area contributed by atoms with Crippen LogP contribution in [-0.2, 0) is 0 Å². The van der Waals surface area contributed by atoms with Crippen LogP contribution in [0.4, 0.5) is 14.9 Å². The molecule has 0 atom stereocenters. The maximum absolute atomic E-state index is 13.8. The maximum Gasteiger partial charge on any atom is 0.321 e. The van der Waals surface area contributed by atoms with Crippen LogP contribution in [0.25, 0.3) is 0 Å². The Hall–Kier alpha value is -2.15. The van der Waals surface area contributed by atoms with Crippen LogP contribution in [0.5, 0.6) is 0 Å². The lowest BCUT2D eigenvalue weighted by molar-refractivity contribution is 0.183. The van der Waals surface area contributed by atoms with Crippen LogP contribution in [-0.4, -0.2) is 38.8 Å². The highest BCUT2D eigenvalue weighted by Gasteiger charge is 2.24. The van der Waals surface area contributed by atoms with Crippen molar-refractivity contribution in [3.05, 3.63) is 41.7 Å². The normalized spacial score (nSPS) is 15.8. The van der Waals surface area contributed by atoms with Crippen molar-refractivity contribution in [1.29, 1.82) is 0 Å². The average molecular weight is 324 g/mol. The molecule has 1 aromatic heterocycles. The van der Waals surface area contributed by atoms with Crippen molar-refractivity contribution in [2.45, 2.75) is 18.9 Å². The molecule has 1 N–H and O–H groups in total. The molecule has 1 aliphatic heterocycles. The highest BCUT2D eigenvalue weighted by atomic mass is 35.5.